The molecule has 12 heteroatoms. The molecule has 0 unspecified atom stereocenters. The number of cyclic esters (lactones) is 1. The van der Waals surface area contributed by atoms with Gasteiger partial charge < -0.3 is 14.5 Å². The van der Waals surface area contributed by atoms with E-state index in [0.717, 1.165) is 6.26 Å². The molecule has 1 aliphatic rings. The quantitative estimate of drug-likeness (QED) is 0.536. The number of nitrogens with one attached hydrogen (secondary N) is 2. The van der Waals surface area contributed by atoms with Gasteiger partial charge in [-0.15, -0.1) is 0 Å². The highest BCUT2D eigenvalue weighted by atomic mass is 32.2. The van der Waals surface area contributed by atoms with Gasteiger partial charge in [-0.1, -0.05) is 0 Å². The predicted octanol–water partition coefficient (Wildman–Crippen LogP) is 1.65. The predicted molar refractivity (Wildman–Crippen MR) is 119 cm³/mol. The van der Waals surface area contributed by atoms with Gasteiger partial charge in [0.2, 0.25) is 15.9 Å². The molecule has 10 nitrogen and oxygen atoms in total. The molecule has 0 aliphatic carbocycles. The van der Waals surface area contributed by atoms with Crippen molar-refractivity contribution in [3.63, 3.8) is 0 Å². The molecule has 33 heavy (non-hydrogen) atoms. The molecule has 1 aromatic carbocycles. The van der Waals surface area contributed by atoms with Gasteiger partial charge in [-0.3, -0.25) is 9.69 Å². The minimum absolute atomic E-state index is 0.0494. The largest absolute Gasteiger partial charge is 0.442 e. The van der Waals surface area contributed by atoms with Crippen molar-refractivity contribution in [3.8, 4) is 11.1 Å². The maximum absolute atomic E-state index is 15.0. The summed E-state index contributed by atoms with van der Waals surface area (Å²) in [5, 5.41) is 2.60. The van der Waals surface area contributed by atoms with E-state index in [9.17, 15) is 22.4 Å². The third-order valence-electron chi connectivity index (χ3n) is 5.04. The average molecular weight is 476 g/mol. The zero-order valence-electron chi connectivity index (χ0n) is 17.9. The van der Waals surface area contributed by atoms with E-state index in [1.807, 2.05) is 0 Å². The van der Waals surface area contributed by atoms with Crippen LogP contribution in [0.2, 0.25) is 0 Å². The van der Waals surface area contributed by atoms with Gasteiger partial charge in [-0.25, -0.2) is 27.3 Å². The molecule has 3 aromatic rings. The number of halogens is 1. The number of sulfonamides is 1. The third-order valence-corrected chi connectivity index (χ3v) is 5.71. The van der Waals surface area contributed by atoms with Crippen molar-refractivity contribution in [1.82, 2.24) is 19.4 Å². The molecule has 2 amide bonds. The maximum Gasteiger partial charge on any atom is 0.414 e. The number of pyridine rings is 1. The lowest BCUT2D eigenvalue weighted by Crippen LogP contribution is -2.33. The first-order chi connectivity index (χ1) is 15.6. The van der Waals surface area contributed by atoms with E-state index in [1.54, 1.807) is 41.1 Å². The Kier molecular flexibility index (Phi) is 6.04. The maximum atomic E-state index is 15.0. The van der Waals surface area contributed by atoms with Crippen LogP contribution in [0.5, 0.6) is 0 Å². The van der Waals surface area contributed by atoms with Crippen molar-refractivity contribution >= 4 is 33.4 Å². The molecule has 1 saturated heterocycles. The van der Waals surface area contributed by atoms with Gasteiger partial charge in [0.05, 0.1) is 37.3 Å². The lowest BCUT2D eigenvalue weighted by atomic mass is 10.1. The van der Waals surface area contributed by atoms with Crippen LogP contribution in [-0.4, -0.2) is 55.3 Å². The van der Waals surface area contributed by atoms with Gasteiger partial charge in [0.1, 0.15) is 17.6 Å². The summed E-state index contributed by atoms with van der Waals surface area (Å²) in [6.45, 7) is 1.80. The smallest absolute Gasteiger partial charge is 0.414 e. The molecule has 0 bridgehead atoms. The Balaban J connectivity index is 1.53. The fraction of sp³-hybridized carbons (Fsp3) is 0.286. The molecule has 174 valence electrons. The highest BCUT2D eigenvalue weighted by Crippen LogP contribution is 2.29. The van der Waals surface area contributed by atoms with Crippen molar-refractivity contribution in [1.29, 1.82) is 0 Å². The second kappa shape index (κ2) is 8.79. The molecule has 3 heterocycles. The van der Waals surface area contributed by atoms with Crippen LogP contribution < -0.4 is 14.9 Å². The monoisotopic (exact) mass is 475 g/mol. The standard InChI is InChI=1S/C21H22FN5O5S/c1-13(28)23-9-17-12-27(21(29)32-17)16-4-5-18(19(22)7-16)14-3-6-20-25-15(11-26(20)10-14)8-24-33(2,30)31/h3-7,10-11,17,24H,8-9,12H2,1-2H3,(H,23,28)/t17-/m0/s1. The molecule has 1 fully saturated rings. The van der Waals surface area contributed by atoms with E-state index in [2.05, 4.69) is 15.0 Å². The summed E-state index contributed by atoms with van der Waals surface area (Å²) in [5.74, 6) is -0.752. The van der Waals surface area contributed by atoms with E-state index in [0.29, 0.717) is 28.2 Å². The fourth-order valence-corrected chi connectivity index (χ4v) is 3.91. The molecule has 2 N–H and O–H groups in total. The number of fused-ring (bicyclic) bond motifs is 1. The zero-order valence-corrected chi connectivity index (χ0v) is 18.7. The first kappa shape index (κ1) is 22.7. The van der Waals surface area contributed by atoms with Gasteiger partial charge in [-0.05, 0) is 30.3 Å². The summed E-state index contributed by atoms with van der Waals surface area (Å²) < 4.78 is 46.8. The van der Waals surface area contributed by atoms with Crippen LogP contribution in [0, 0.1) is 5.82 Å². The van der Waals surface area contributed by atoms with E-state index < -0.39 is 28.0 Å². The van der Waals surface area contributed by atoms with Gasteiger partial charge >= 0.3 is 6.09 Å². The van der Waals surface area contributed by atoms with Crippen molar-refractivity contribution in [2.45, 2.75) is 19.6 Å². The molecule has 0 radical (unpaired) electrons. The van der Waals surface area contributed by atoms with E-state index in [1.165, 1.54) is 17.9 Å². The average Bonchev–Trinajstić information content (AvgIpc) is 3.32. The van der Waals surface area contributed by atoms with Crippen LogP contribution >= 0.6 is 0 Å². The van der Waals surface area contributed by atoms with E-state index >= 15 is 0 Å². The van der Waals surface area contributed by atoms with Gasteiger partial charge in [0.25, 0.3) is 0 Å². The number of rotatable bonds is 7. The Hall–Kier alpha value is -3.51. The second-order valence-corrected chi connectivity index (χ2v) is 9.56. The number of carbonyl (C=O) groups is 2. The number of amides is 2. The molecular formula is C21H22FN5O5S. The van der Waals surface area contributed by atoms with E-state index in [-0.39, 0.29) is 25.5 Å². The Bertz CT molecular complexity index is 1340. The minimum atomic E-state index is -3.35. The topological polar surface area (TPSA) is 122 Å². The number of carbonyl (C=O) groups excluding carboxylic acids is 2. The van der Waals surface area contributed by atoms with E-state index in [4.69, 9.17) is 4.74 Å². The Morgan fingerprint density at radius 3 is 2.76 bits per heavy atom. The Morgan fingerprint density at radius 2 is 2.06 bits per heavy atom. The molecular weight excluding hydrogens is 453 g/mol. The SMILES string of the molecule is CC(=O)NC[C@H]1CN(c2ccc(-c3ccc4nc(CNS(C)(=O)=O)cn4c3)c(F)c2)C(=O)O1. The van der Waals surface area contributed by atoms with Crippen molar-refractivity contribution in [3.05, 3.63) is 54.2 Å². The van der Waals surface area contributed by atoms with Crippen LogP contribution in [0.3, 0.4) is 0 Å². The number of nitrogens with zero attached hydrogens (tertiary/aromatic N) is 3. The molecule has 2 aromatic heterocycles. The van der Waals surface area contributed by atoms with Crippen molar-refractivity contribution in [2.24, 2.45) is 0 Å². The molecule has 1 aliphatic heterocycles. The van der Waals surface area contributed by atoms with Crippen LogP contribution in [-0.2, 0) is 26.1 Å². The van der Waals surface area contributed by atoms with Gasteiger partial charge in [0.15, 0.2) is 0 Å². The lowest BCUT2D eigenvalue weighted by molar-refractivity contribution is -0.119. The third kappa shape index (κ3) is 5.29. The van der Waals surface area contributed by atoms with Crippen molar-refractivity contribution in [2.75, 3.05) is 24.2 Å². The van der Waals surface area contributed by atoms with Crippen LogP contribution in [0.1, 0.15) is 12.6 Å². The molecule has 0 saturated carbocycles. The summed E-state index contributed by atoms with van der Waals surface area (Å²) in [7, 11) is -3.35. The van der Waals surface area contributed by atoms with Crippen LogP contribution in [0.15, 0.2) is 42.7 Å². The summed E-state index contributed by atoms with van der Waals surface area (Å²) in [6.07, 6.45) is 3.31. The number of hydrogen-bond acceptors (Lipinski definition) is 6. The first-order valence-electron chi connectivity index (χ1n) is 10.0. The van der Waals surface area contributed by atoms with Crippen LogP contribution in [0.25, 0.3) is 16.8 Å². The second-order valence-electron chi connectivity index (χ2n) is 7.73. The number of benzene rings is 1. The normalized spacial score (nSPS) is 16.3. The lowest BCUT2D eigenvalue weighted by Gasteiger charge is -2.14. The number of anilines is 1. The van der Waals surface area contributed by atoms with Crippen molar-refractivity contribution < 1.29 is 27.1 Å². The summed E-state index contributed by atoms with van der Waals surface area (Å²) in [4.78, 5) is 28.9. The Morgan fingerprint density at radius 1 is 1.27 bits per heavy atom. The van der Waals surface area contributed by atoms with Crippen LogP contribution in [0.4, 0.5) is 14.9 Å². The van der Waals surface area contributed by atoms with Gasteiger partial charge in [-0.2, -0.15) is 0 Å². The summed E-state index contributed by atoms with van der Waals surface area (Å²) in [6, 6.07) is 7.87. The number of ether oxygens (including phenoxy) is 1. The minimum Gasteiger partial charge on any atom is -0.442 e. The summed E-state index contributed by atoms with van der Waals surface area (Å²) >= 11 is 0. The fourth-order valence-electron chi connectivity index (χ4n) is 3.50. The first-order valence-corrected chi connectivity index (χ1v) is 11.9. The Labute approximate surface area is 189 Å². The molecule has 1 atom stereocenters. The molecule has 0 spiro atoms. The number of imidazole rings is 1. The zero-order chi connectivity index (χ0) is 23.8. The molecule has 4 rings (SSSR count). The highest BCUT2D eigenvalue weighted by molar-refractivity contribution is 7.88. The number of aromatic nitrogens is 2. The summed E-state index contributed by atoms with van der Waals surface area (Å²) in [5.41, 5.74) is 2.37. The number of hydrogen-bond donors (Lipinski definition) is 2. The van der Waals surface area contributed by atoms with Gasteiger partial charge in [0, 0.05) is 30.4 Å². The highest BCUT2D eigenvalue weighted by Gasteiger charge is 2.32.